The standard InChI is InChI=1S/C14H27N3O.2ClH/c1-11-9-13(6-8-16(11)2)17(3)14(18)12-5-4-7-15-10-12;;/h11-13,15H,4-10H2,1-3H3;2*1H. The van der Waals surface area contributed by atoms with Gasteiger partial charge in [-0.25, -0.2) is 0 Å². The second kappa shape index (κ2) is 9.08. The second-order valence-corrected chi connectivity index (χ2v) is 6.00. The van der Waals surface area contributed by atoms with Gasteiger partial charge in [-0.2, -0.15) is 0 Å². The molecule has 0 aromatic heterocycles. The summed E-state index contributed by atoms with van der Waals surface area (Å²) in [6.45, 7) is 5.29. The first-order valence-electron chi connectivity index (χ1n) is 7.27. The molecule has 0 saturated carbocycles. The third kappa shape index (κ3) is 4.76. The molecule has 3 atom stereocenters. The molecular formula is C14H29Cl2N3O. The zero-order valence-corrected chi connectivity index (χ0v) is 14.4. The number of nitrogens with zero attached hydrogens (tertiary/aromatic N) is 2. The van der Waals surface area contributed by atoms with Gasteiger partial charge in [-0.05, 0) is 46.2 Å². The molecule has 0 spiro atoms. The number of carbonyl (C=O) groups excluding carboxylic acids is 1. The fraction of sp³-hybridized carbons (Fsp3) is 0.929. The average molecular weight is 326 g/mol. The van der Waals surface area contributed by atoms with E-state index >= 15 is 0 Å². The van der Waals surface area contributed by atoms with Crippen LogP contribution in [0, 0.1) is 5.92 Å². The van der Waals surface area contributed by atoms with Crippen LogP contribution in [0.15, 0.2) is 0 Å². The van der Waals surface area contributed by atoms with Crippen molar-refractivity contribution in [2.75, 3.05) is 33.7 Å². The number of piperidine rings is 2. The van der Waals surface area contributed by atoms with Gasteiger partial charge in [0.2, 0.25) is 5.91 Å². The minimum absolute atomic E-state index is 0. The molecule has 2 saturated heterocycles. The van der Waals surface area contributed by atoms with E-state index < -0.39 is 0 Å². The molecule has 1 N–H and O–H groups in total. The van der Waals surface area contributed by atoms with E-state index in [9.17, 15) is 4.79 Å². The number of hydrogen-bond acceptors (Lipinski definition) is 3. The van der Waals surface area contributed by atoms with Crippen LogP contribution in [0.1, 0.15) is 32.6 Å². The minimum atomic E-state index is 0. The van der Waals surface area contributed by atoms with E-state index in [1.165, 1.54) is 0 Å². The van der Waals surface area contributed by atoms with Gasteiger partial charge >= 0.3 is 0 Å². The van der Waals surface area contributed by atoms with Crippen LogP contribution in [0.4, 0.5) is 0 Å². The maximum absolute atomic E-state index is 12.5. The van der Waals surface area contributed by atoms with E-state index in [-0.39, 0.29) is 30.7 Å². The number of rotatable bonds is 2. The smallest absolute Gasteiger partial charge is 0.226 e. The van der Waals surface area contributed by atoms with E-state index in [2.05, 4.69) is 24.2 Å². The highest BCUT2D eigenvalue weighted by Crippen LogP contribution is 2.22. The number of amides is 1. The summed E-state index contributed by atoms with van der Waals surface area (Å²) < 4.78 is 0. The summed E-state index contributed by atoms with van der Waals surface area (Å²) in [5, 5.41) is 3.33. The molecule has 2 aliphatic heterocycles. The lowest BCUT2D eigenvalue weighted by atomic mass is 9.94. The summed E-state index contributed by atoms with van der Waals surface area (Å²) in [6, 6.07) is 1.02. The summed E-state index contributed by atoms with van der Waals surface area (Å²) in [5.41, 5.74) is 0. The SMILES string of the molecule is CC1CC(N(C)C(=O)C2CCCNC2)CCN1C.Cl.Cl. The van der Waals surface area contributed by atoms with Crippen molar-refractivity contribution in [3.8, 4) is 0 Å². The molecule has 2 rings (SSSR count). The monoisotopic (exact) mass is 325 g/mol. The molecule has 1 amide bonds. The molecule has 2 aliphatic rings. The number of halogens is 2. The summed E-state index contributed by atoms with van der Waals surface area (Å²) in [4.78, 5) is 16.9. The van der Waals surface area contributed by atoms with Crippen LogP contribution in [0.25, 0.3) is 0 Å². The topological polar surface area (TPSA) is 35.6 Å². The largest absolute Gasteiger partial charge is 0.342 e. The quantitative estimate of drug-likeness (QED) is 0.840. The van der Waals surface area contributed by atoms with E-state index in [1.807, 2.05) is 11.9 Å². The third-order valence-corrected chi connectivity index (χ3v) is 4.72. The van der Waals surface area contributed by atoms with E-state index in [0.29, 0.717) is 18.0 Å². The van der Waals surface area contributed by atoms with Gasteiger partial charge in [-0.15, -0.1) is 24.8 Å². The van der Waals surface area contributed by atoms with Crippen molar-refractivity contribution in [3.05, 3.63) is 0 Å². The molecule has 2 fully saturated rings. The van der Waals surface area contributed by atoms with Crippen LogP contribution < -0.4 is 5.32 Å². The lowest BCUT2D eigenvalue weighted by Crippen LogP contribution is -2.51. The van der Waals surface area contributed by atoms with Gasteiger partial charge in [0, 0.05) is 32.2 Å². The Labute approximate surface area is 135 Å². The fourth-order valence-corrected chi connectivity index (χ4v) is 3.15. The van der Waals surface area contributed by atoms with Crippen molar-refractivity contribution >= 4 is 30.7 Å². The highest BCUT2D eigenvalue weighted by molar-refractivity contribution is 5.85. The first kappa shape index (κ1) is 20.0. The number of hydrogen-bond donors (Lipinski definition) is 1. The maximum atomic E-state index is 12.5. The van der Waals surface area contributed by atoms with Crippen LogP contribution in [0.5, 0.6) is 0 Å². The van der Waals surface area contributed by atoms with Gasteiger partial charge in [0.1, 0.15) is 0 Å². The highest BCUT2D eigenvalue weighted by atomic mass is 35.5. The molecule has 6 heteroatoms. The van der Waals surface area contributed by atoms with Crippen molar-refractivity contribution < 1.29 is 4.79 Å². The minimum Gasteiger partial charge on any atom is -0.342 e. The zero-order chi connectivity index (χ0) is 13.1. The molecule has 3 unspecified atom stereocenters. The summed E-state index contributed by atoms with van der Waals surface area (Å²) in [7, 11) is 4.17. The average Bonchev–Trinajstić information content (AvgIpc) is 2.41. The summed E-state index contributed by atoms with van der Waals surface area (Å²) in [5.74, 6) is 0.558. The van der Waals surface area contributed by atoms with Crippen LogP contribution in [0.3, 0.4) is 0 Å². The molecule has 0 aromatic carbocycles. The third-order valence-electron chi connectivity index (χ3n) is 4.72. The Morgan fingerprint density at radius 3 is 2.55 bits per heavy atom. The number of nitrogens with one attached hydrogen (secondary N) is 1. The molecule has 2 heterocycles. The lowest BCUT2D eigenvalue weighted by Gasteiger charge is -2.40. The molecule has 0 aliphatic carbocycles. The fourth-order valence-electron chi connectivity index (χ4n) is 3.15. The normalized spacial score (nSPS) is 30.9. The molecule has 0 radical (unpaired) electrons. The summed E-state index contributed by atoms with van der Waals surface area (Å²) >= 11 is 0. The Bertz CT molecular complexity index is 298. The number of likely N-dealkylation sites (tertiary alicyclic amines) is 1. The van der Waals surface area contributed by atoms with E-state index in [4.69, 9.17) is 0 Å². The van der Waals surface area contributed by atoms with Crippen LogP contribution >= 0.6 is 24.8 Å². The van der Waals surface area contributed by atoms with Crippen molar-refractivity contribution in [3.63, 3.8) is 0 Å². The van der Waals surface area contributed by atoms with Gasteiger partial charge in [-0.3, -0.25) is 4.79 Å². The molecular weight excluding hydrogens is 297 g/mol. The Morgan fingerprint density at radius 2 is 2.00 bits per heavy atom. The van der Waals surface area contributed by atoms with E-state index in [1.54, 1.807) is 0 Å². The first-order valence-corrected chi connectivity index (χ1v) is 7.27. The molecule has 0 bridgehead atoms. The Morgan fingerprint density at radius 1 is 1.30 bits per heavy atom. The molecule has 20 heavy (non-hydrogen) atoms. The van der Waals surface area contributed by atoms with Crippen LogP contribution in [-0.2, 0) is 4.79 Å². The van der Waals surface area contributed by atoms with Crippen molar-refractivity contribution in [2.45, 2.75) is 44.7 Å². The van der Waals surface area contributed by atoms with Gasteiger partial charge in [0.05, 0.1) is 5.92 Å². The molecule has 120 valence electrons. The van der Waals surface area contributed by atoms with Crippen LogP contribution in [-0.4, -0.2) is 61.5 Å². The maximum Gasteiger partial charge on any atom is 0.226 e. The first-order chi connectivity index (χ1) is 8.59. The van der Waals surface area contributed by atoms with E-state index in [0.717, 1.165) is 45.3 Å². The number of carbonyl (C=O) groups is 1. The van der Waals surface area contributed by atoms with Gasteiger partial charge in [-0.1, -0.05) is 0 Å². The van der Waals surface area contributed by atoms with Gasteiger partial charge < -0.3 is 15.1 Å². The van der Waals surface area contributed by atoms with Crippen molar-refractivity contribution in [1.82, 2.24) is 15.1 Å². The Balaban J connectivity index is 0.00000180. The second-order valence-electron chi connectivity index (χ2n) is 6.00. The zero-order valence-electron chi connectivity index (χ0n) is 12.8. The highest BCUT2D eigenvalue weighted by Gasteiger charge is 2.31. The molecule has 4 nitrogen and oxygen atoms in total. The predicted molar refractivity (Wildman–Crippen MR) is 88.0 cm³/mol. The van der Waals surface area contributed by atoms with Gasteiger partial charge in [0.15, 0.2) is 0 Å². The summed E-state index contributed by atoms with van der Waals surface area (Å²) in [6.07, 6.45) is 4.41. The van der Waals surface area contributed by atoms with Crippen molar-refractivity contribution in [2.24, 2.45) is 5.92 Å². The lowest BCUT2D eigenvalue weighted by molar-refractivity contribution is -0.138. The Hall–Kier alpha value is -0.0300. The van der Waals surface area contributed by atoms with Crippen molar-refractivity contribution in [1.29, 1.82) is 0 Å². The Kier molecular flexibility index (Phi) is 9.07. The van der Waals surface area contributed by atoms with Gasteiger partial charge in [0.25, 0.3) is 0 Å². The molecule has 0 aromatic rings. The predicted octanol–water partition coefficient (Wildman–Crippen LogP) is 1.77. The van der Waals surface area contributed by atoms with Crippen LogP contribution in [0.2, 0.25) is 0 Å².